The molecule has 1 N–H and O–H groups in total. The van der Waals surface area contributed by atoms with Crippen molar-refractivity contribution in [1.82, 2.24) is 10.5 Å². The number of nitrogens with one attached hydrogen (secondary N) is 1. The quantitative estimate of drug-likeness (QED) is 0.489. The first-order chi connectivity index (χ1) is 17.1. The molecule has 3 atom stereocenters. The number of anilines is 2. The molecule has 2 heterocycles. The van der Waals surface area contributed by atoms with Crippen LogP contribution >= 0.6 is 11.6 Å². The highest BCUT2D eigenvalue weighted by Crippen LogP contribution is 2.30. The number of benzodiazepines with no additional fused rings is 1. The van der Waals surface area contributed by atoms with Gasteiger partial charge in [-0.25, -0.2) is 4.99 Å². The summed E-state index contributed by atoms with van der Waals surface area (Å²) in [6, 6.07) is 13.0. The number of benzene rings is 2. The second-order valence-electron chi connectivity index (χ2n) is 8.21. The first-order valence-corrected chi connectivity index (χ1v) is 12.3. The molecule has 0 bridgehead atoms. The minimum absolute atomic E-state index is 0.158. The van der Waals surface area contributed by atoms with Gasteiger partial charge in [0.2, 0.25) is 12.1 Å². The maximum Gasteiger partial charge on any atom is 0.272 e. The molecule has 12 heteroatoms. The molecule has 10 nitrogen and oxygen atoms in total. The Morgan fingerprint density at radius 2 is 1.94 bits per heavy atom. The number of hydrogen-bond acceptors (Lipinski definition) is 7. The van der Waals surface area contributed by atoms with Crippen molar-refractivity contribution in [1.29, 1.82) is 0 Å². The molecule has 0 aliphatic carbocycles. The SMILES string of the molecule is Cc1noc(C)c1N(C(C)C(=O)NC1N=C(c2ccccc2)c2cc(Cl)ccc2N(C)C1=O)S(=O)[O-]. The summed E-state index contributed by atoms with van der Waals surface area (Å²) in [5.41, 5.74) is 2.82. The van der Waals surface area contributed by atoms with Gasteiger partial charge < -0.3 is 19.3 Å². The van der Waals surface area contributed by atoms with Gasteiger partial charge in [0, 0.05) is 34.5 Å². The Morgan fingerprint density at radius 1 is 1.25 bits per heavy atom. The average molecular weight is 529 g/mol. The van der Waals surface area contributed by atoms with Crippen molar-refractivity contribution in [2.24, 2.45) is 4.99 Å². The van der Waals surface area contributed by atoms with E-state index in [1.807, 2.05) is 30.3 Å². The third-order valence-electron chi connectivity index (χ3n) is 5.83. The van der Waals surface area contributed by atoms with Gasteiger partial charge in [-0.15, -0.1) is 0 Å². The molecular weight excluding hydrogens is 506 g/mol. The van der Waals surface area contributed by atoms with Crippen molar-refractivity contribution in [3.63, 3.8) is 0 Å². The smallest absolute Gasteiger partial charge is 0.272 e. The molecule has 0 fully saturated rings. The fourth-order valence-corrected chi connectivity index (χ4v) is 4.95. The Bertz CT molecular complexity index is 1360. The van der Waals surface area contributed by atoms with Crippen molar-refractivity contribution < 1.29 is 22.9 Å². The summed E-state index contributed by atoms with van der Waals surface area (Å²) >= 11 is 3.44. The van der Waals surface area contributed by atoms with Gasteiger partial charge in [0.05, 0.1) is 11.4 Å². The van der Waals surface area contributed by atoms with Gasteiger partial charge in [-0.2, -0.15) is 0 Å². The van der Waals surface area contributed by atoms with Gasteiger partial charge in [0.1, 0.15) is 17.4 Å². The maximum absolute atomic E-state index is 13.4. The predicted octanol–water partition coefficient (Wildman–Crippen LogP) is 2.89. The van der Waals surface area contributed by atoms with Crippen LogP contribution in [0.4, 0.5) is 11.4 Å². The van der Waals surface area contributed by atoms with Crippen LogP contribution in [0, 0.1) is 13.8 Å². The number of carbonyl (C=O) groups is 2. The van der Waals surface area contributed by atoms with Crippen molar-refractivity contribution in [3.8, 4) is 0 Å². The molecular formula is C24H23ClN5O5S-. The van der Waals surface area contributed by atoms with Gasteiger partial charge in [-0.3, -0.25) is 18.1 Å². The van der Waals surface area contributed by atoms with Gasteiger partial charge in [-0.1, -0.05) is 47.1 Å². The Kier molecular flexibility index (Phi) is 7.25. The number of carbonyl (C=O) groups excluding carboxylic acids is 2. The standard InChI is InChI=1S/C24H24ClN5O5S/c1-13-21(15(3)35-28-13)30(36(33)34)14(2)23(31)27-22-24(32)29(4)19-11-10-17(25)12-18(19)20(26-22)16-8-6-5-7-9-16/h5-12,14,22H,1-4H3,(H,27,31)(H,33,34)/p-1. The number of halogens is 1. The molecule has 0 saturated heterocycles. The van der Waals surface area contributed by atoms with Crippen molar-refractivity contribution >= 4 is 51.8 Å². The van der Waals surface area contributed by atoms with E-state index in [2.05, 4.69) is 15.5 Å². The third-order valence-corrected chi connectivity index (χ3v) is 6.89. The second kappa shape index (κ2) is 10.2. The van der Waals surface area contributed by atoms with Crippen LogP contribution in [0.15, 0.2) is 58.0 Å². The first-order valence-electron chi connectivity index (χ1n) is 10.9. The van der Waals surface area contributed by atoms with E-state index < -0.39 is 35.3 Å². The zero-order valence-corrected chi connectivity index (χ0v) is 21.5. The second-order valence-corrected chi connectivity index (χ2v) is 9.47. The highest BCUT2D eigenvalue weighted by Gasteiger charge is 2.34. The lowest BCUT2D eigenvalue weighted by atomic mass is 10.0. The van der Waals surface area contributed by atoms with Crippen molar-refractivity contribution in [3.05, 3.63) is 76.1 Å². The summed E-state index contributed by atoms with van der Waals surface area (Å²) in [6.45, 7) is 4.51. The zero-order chi connectivity index (χ0) is 26.1. The van der Waals surface area contributed by atoms with Crippen LogP contribution in [0.2, 0.25) is 5.02 Å². The van der Waals surface area contributed by atoms with E-state index in [4.69, 9.17) is 16.1 Å². The summed E-state index contributed by atoms with van der Waals surface area (Å²) in [7, 11) is 1.57. The van der Waals surface area contributed by atoms with Crippen LogP contribution in [0.3, 0.4) is 0 Å². The molecule has 4 rings (SSSR count). The number of likely N-dealkylation sites (N-methyl/N-ethyl adjacent to an activating group) is 1. The molecule has 36 heavy (non-hydrogen) atoms. The molecule has 2 amide bonds. The summed E-state index contributed by atoms with van der Waals surface area (Å²) in [6.07, 6.45) is -1.32. The lowest BCUT2D eigenvalue weighted by molar-refractivity contribution is -0.127. The number of amides is 2. The summed E-state index contributed by atoms with van der Waals surface area (Å²) in [5, 5.41) is 6.84. The van der Waals surface area contributed by atoms with E-state index in [9.17, 15) is 18.4 Å². The molecule has 188 valence electrons. The van der Waals surface area contributed by atoms with Crippen LogP contribution in [0.1, 0.15) is 29.5 Å². The summed E-state index contributed by atoms with van der Waals surface area (Å²) in [5.74, 6) is -0.998. The monoisotopic (exact) mass is 528 g/mol. The molecule has 0 spiro atoms. The Hall–Kier alpha value is -3.54. The number of aliphatic imine (C=N–C) groups is 1. The van der Waals surface area contributed by atoms with Gasteiger partial charge in [0.25, 0.3) is 5.91 Å². The molecule has 1 aliphatic heterocycles. The Balaban J connectivity index is 1.74. The zero-order valence-electron chi connectivity index (χ0n) is 19.9. The number of fused-ring (bicyclic) bond motifs is 1. The van der Waals surface area contributed by atoms with E-state index in [1.165, 1.54) is 11.8 Å². The molecule has 3 aromatic rings. The number of hydrogen-bond donors (Lipinski definition) is 1. The average Bonchev–Trinajstić information content (AvgIpc) is 3.13. The van der Waals surface area contributed by atoms with Crippen LogP contribution in [0.25, 0.3) is 0 Å². The molecule has 1 aliphatic rings. The Labute approximate surface area is 215 Å². The molecule has 0 saturated carbocycles. The number of aryl methyl sites for hydroxylation is 2. The number of aromatic nitrogens is 1. The van der Waals surface area contributed by atoms with Gasteiger partial charge in [0.15, 0.2) is 5.76 Å². The van der Waals surface area contributed by atoms with Crippen LogP contribution < -0.4 is 14.5 Å². The lowest BCUT2D eigenvalue weighted by Crippen LogP contribution is -2.53. The van der Waals surface area contributed by atoms with Crippen molar-refractivity contribution in [2.75, 3.05) is 16.3 Å². The highest BCUT2D eigenvalue weighted by atomic mass is 35.5. The third kappa shape index (κ3) is 4.77. The Morgan fingerprint density at radius 3 is 2.56 bits per heavy atom. The molecule has 2 aromatic carbocycles. The minimum atomic E-state index is -2.82. The fraction of sp³-hybridized carbons (Fsp3) is 0.250. The number of nitrogens with zero attached hydrogens (tertiary/aromatic N) is 4. The van der Waals surface area contributed by atoms with Crippen LogP contribution in [-0.2, 0) is 20.9 Å². The van der Waals surface area contributed by atoms with Crippen LogP contribution in [0.5, 0.6) is 0 Å². The predicted molar refractivity (Wildman–Crippen MR) is 136 cm³/mol. The van der Waals surface area contributed by atoms with Gasteiger partial charge >= 0.3 is 0 Å². The maximum atomic E-state index is 13.4. The topological polar surface area (TPSA) is 131 Å². The normalized spacial score (nSPS) is 17.1. The van der Waals surface area contributed by atoms with E-state index in [0.29, 0.717) is 27.7 Å². The lowest BCUT2D eigenvalue weighted by Gasteiger charge is -2.31. The van der Waals surface area contributed by atoms with Crippen LogP contribution in [-0.4, -0.2) is 50.7 Å². The van der Waals surface area contributed by atoms with Crippen molar-refractivity contribution in [2.45, 2.75) is 33.0 Å². The molecule has 0 radical (unpaired) electrons. The molecule has 3 unspecified atom stereocenters. The molecule has 1 aromatic heterocycles. The highest BCUT2D eigenvalue weighted by molar-refractivity contribution is 7.80. The van der Waals surface area contributed by atoms with E-state index in [1.54, 1.807) is 39.1 Å². The largest absolute Gasteiger partial charge is 0.755 e. The van der Waals surface area contributed by atoms with E-state index >= 15 is 0 Å². The fourth-order valence-electron chi connectivity index (χ4n) is 4.02. The minimum Gasteiger partial charge on any atom is -0.755 e. The first kappa shape index (κ1) is 25.5. The number of rotatable bonds is 6. The van der Waals surface area contributed by atoms with E-state index in [0.717, 1.165) is 9.87 Å². The summed E-state index contributed by atoms with van der Waals surface area (Å²) in [4.78, 5) is 32.7. The van der Waals surface area contributed by atoms with Gasteiger partial charge in [-0.05, 0) is 39.0 Å². The summed E-state index contributed by atoms with van der Waals surface area (Å²) < 4.78 is 30.1. The van der Waals surface area contributed by atoms with E-state index in [-0.39, 0.29) is 11.4 Å².